The fourth-order valence-corrected chi connectivity index (χ4v) is 3.35. The molecule has 2 heteroatoms. The van der Waals surface area contributed by atoms with E-state index in [1.807, 2.05) is 11.8 Å². The van der Waals surface area contributed by atoms with Crippen LogP contribution >= 0.6 is 11.8 Å². The lowest BCUT2D eigenvalue weighted by Gasteiger charge is -2.18. The number of unbranched alkanes of at least 4 members (excludes halogenated alkanes) is 3. The molecule has 0 aromatic rings. The Bertz CT molecular complexity index is 171. The Morgan fingerprint density at radius 2 is 2.27 bits per heavy atom. The molecule has 0 saturated carbocycles. The average Bonchev–Trinajstić information content (AvgIpc) is 2.75. The van der Waals surface area contributed by atoms with Crippen molar-refractivity contribution in [2.24, 2.45) is 5.92 Å². The summed E-state index contributed by atoms with van der Waals surface area (Å²) in [5, 5.41) is 3.19. The number of thioether (sulfide) groups is 1. The molecule has 1 aliphatic rings. The van der Waals surface area contributed by atoms with E-state index in [1.165, 1.54) is 51.3 Å². The molecule has 0 fully saturated rings. The minimum atomic E-state index is 0.904. The van der Waals surface area contributed by atoms with E-state index in [9.17, 15) is 0 Å². The molecule has 0 bridgehead atoms. The molecule has 0 nitrogen and oxygen atoms in total. The van der Waals surface area contributed by atoms with Gasteiger partial charge in [-0.05, 0) is 24.2 Å². The van der Waals surface area contributed by atoms with Gasteiger partial charge in [-0.15, -0.1) is 11.8 Å². The van der Waals surface area contributed by atoms with Gasteiger partial charge in [0.2, 0.25) is 0 Å². The molecule has 0 amide bonds. The van der Waals surface area contributed by atoms with Crippen molar-refractivity contribution in [2.45, 2.75) is 63.4 Å². The van der Waals surface area contributed by atoms with Crippen LogP contribution in [0.2, 0.25) is 6.32 Å². The van der Waals surface area contributed by atoms with E-state index in [1.54, 1.807) is 0 Å². The van der Waals surface area contributed by atoms with Gasteiger partial charge in [0, 0.05) is 5.25 Å². The number of rotatable bonds is 8. The fourth-order valence-electron chi connectivity index (χ4n) is 2.30. The molecule has 0 aromatic heterocycles. The third-order valence-electron chi connectivity index (χ3n) is 3.41. The molecule has 1 rings (SSSR count). The summed E-state index contributed by atoms with van der Waals surface area (Å²) in [4.78, 5) is 0. The maximum Gasteiger partial charge on any atom is 0.101 e. The topological polar surface area (TPSA) is 0 Å². The van der Waals surface area contributed by atoms with Gasteiger partial charge < -0.3 is 0 Å². The summed E-state index contributed by atoms with van der Waals surface area (Å²) in [6.07, 6.45) is 13.6. The van der Waals surface area contributed by atoms with E-state index in [0.29, 0.717) is 0 Å². The maximum atomic E-state index is 2.36. The van der Waals surface area contributed by atoms with Crippen LogP contribution in [0.5, 0.6) is 0 Å². The first-order valence-corrected chi connectivity index (χ1v) is 7.61. The quantitative estimate of drug-likeness (QED) is 0.443. The normalized spacial score (nSPS) is 22.1. The molecule has 2 unspecified atom stereocenters. The van der Waals surface area contributed by atoms with Gasteiger partial charge in [-0.1, -0.05) is 51.4 Å². The van der Waals surface area contributed by atoms with Gasteiger partial charge in [-0.3, -0.25) is 0 Å². The summed E-state index contributed by atoms with van der Waals surface area (Å²) in [5.41, 5.74) is 0. The monoisotopic (exact) mass is 224 g/mol. The molecule has 0 aliphatic carbocycles. The first-order valence-electron chi connectivity index (χ1n) is 6.67. The first-order chi connectivity index (χ1) is 7.36. The molecule has 2 atom stereocenters. The van der Waals surface area contributed by atoms with Crippen LogP contribution in [0, 0.1) is 5.92 Å². The van der Waals surface area contributed by atoms with E-state index in [0.717, 1.165) is 11.2 Å². The second-order valence-corrected chi connectivity index (χ2v) is 5.94. The summed E-state index contributed by atoms with van der Waals surface area (Å²) in [6, 6.07) is 0. The zero-order valence-electron chi connectivity index (χ0n) is 10.4. The molecule has 0 radical (unpaired) electrons. The van der Waals surface area contributed by atoms with Crippen LogP contribution < -0.4 is 0 Å². The predicted molar refractivity (Wildman–Crippen MR) is 75.4 cm³/mol. The lowest BCUT2D eigenvalue weighted by atomic mass is 9.83. The molecule has 0 aromatic carbocycles. The summed E-state index contributed by atoms with van der Waals surface area (Å²) < 4.78 is 0. The molecular formula is C13H25BS. The highest BCUT2D eigenvalue weighted by molar-refractivity contribution is 8.03. The van der Waals surface area contributed by atoms with Crippen molar-refractivity contribution in [1.82, 2.24) is 0 Å². The SMILES string of the molecule is BCC(CCCCCC)CC1CC=CS1. The van der Waals surface area contributed by atoms with Gasteiger partial charge in [-0.25, -0.2) is 0 Å². The Morgan fingerprint density at radius 3 is 2.87 bits per heavy atom. The van der Waals surface area contributed by atoms with Crippen molar-refractivity contribution in [2.75, 3.05) is 0 Å². The minimum Gasteiger partial charge on any atom is -0.131 e. The van der Waals surface area contributed by atoms with Gasteiger partial charge in [-0.2, -0.15) is 0 Å². The fraction of sp³-hybridized carbons (Fsp3) is 0.846. The van der Waals surface area contributed by atoms with E-state index < -0.39 is 0 Å². The summed E-state index contributed by atoms with van der Waals surface area (Å²) in [7, 11) is 2.36. The highest BCUT2D eigenvalue weighted by Crippen LogP contribution is 2.32. The van der Waals surface area contributed by atoms with Crippen LogP contribution in [-0.2, 0) is 0 Å². The standard InChI is InChI=1S/C13H25BS/c1-2-3-4-5-7-12(11-14)10-13-8-6-9-15-13/h6,9,12-13H,2-5,7-8,10-11,14H2,1H3. The smallest absolute Gasteiger partial charge is 0.101 e. The third-order valence-corrected chi connectivity index (χ3v) is 4.53. The van der Waals surface area contributed by atoms with E-state index in [-0.39, 0.29) is 0 Å². The van der Waals surface area contributed by atoms with Crippen LogP contribution in [0.15, 0.2) is 11.5 Å². The van der Waals surface area contributed by atoms with Crippen LogP contribution in [0.3, 0.4) is 0 Å². The van der Waals surface area contributed by atoms with Gasteiger partial charge in [0.25, 0.3) is 0 Å². The Hall–Kier alpha value is 0.155. The van der Waals surface area contributed by atoms with E-state index in [4.69, 9.17) is 0 Å². The number of hydrogen-bond acceptors (Lipinski definition) is 1. The Kier molecular flexibility index (Phi) is 7.34. The highest BCUT2D eigenvalue weighted by atomic mass is 32.2. The Labute approximate surface area is 101 Å². The van der Waals surface area contributed by atoms with E-state index >= 15 is 0 Å². The molecular weight excluding hydrogens is 199 g/mol. The van der Waals surface area contributed by atoms with Crippen molar-refractivity contribution < 1.29 is 0 Å². The molecule has 1 heterocycles. The highest BCUT2D eigenvalue weighted by Gasteiger charge is 2.16. The number of hydrogen-bond donors (Lipinski definition) is 0. The van der Waals surface area contributed by atoms with Crippen molar-refractivity contribution >= 4 is 19.6 Å². The lowest BCUT2D eigenvalue weighted by molar-refractivity contribution is 0.455. The summed E-state index contributed by atoms with van der Waals surface area (Å²) >= 11 is 2.05. The average molecular weight is 224 g/mol. The van der Waals surface area contributed by atoms with Crippen molar-refractivity contribution in [3.05, 3.63) is 11.5 Å². The summed E-state index contributed by atoms with van der Waals surface area (Å²) in [6.45, 7) is 2.29. The maximum absolute atomic E-state index is 2.36. The predicted octanol–water partition coefficient (Wildman–Crippen LogP) is 4.03. The molecule has 0 N–H and O–H groups in total. The van der Waals surface area contributed by atoms with Crippen LogP contribution in [0.25, 0.3) is 0 Å². The van der Waals surface area contributed by atoms with Crippen LogP contribution in [0.1, 0.15) is 51.9 Å². The molecule has 1 aliphatic heterocycles. The van der Waals surface area contributed by atoms with Gasteiger partial charge in [0.15, 0.2) is 0 Å². The van der Waals surface area contributed by atoms with Crippen molar-refractivity contribution in [3.8, 4) is 0 Å². The first kappa shape index (κ1) is 13.2. The van der Waals surface area contributed by atoms with Crippen molar-refractivity contribution in [1.29, 1.82) is 0 Å². The Balaban J connectivity index is 2.06. The van der Waals surface area contributed by atoms with Gasteiger partial charge >= 0.3 is 0 Å². The number of allylic oxidation sites excluding steroid dienone is 1. The zero-order valence-corrected chi connectivity index (χ0v) is 11.2. The third kappa shape index (κ3) is 5.70. The second-order valence-electron chi connectivity index (χ2n) is 4.72. The van der Waals surface area contributed by atoms with Gasteiger partial charge in [0.1, 0.15) is 7.85 Å². The Morgan fingerprint density at radius 1 is 1.40 bits per heavy atom. The molecule has 0 spiro atoms. The zero-order chi connectivity index (χ0) is 10.9. The lowest BCUT2D eigenvalue weighted by Crippen LogP contribution is -2.08. The van der Waals surface area contributed by atoms with Crippen LogP contribution in [0.4, 0.5) is 0 Å². The van der Waals surface area contributed by atoms with E-state index in [2.05, 4.69) is 26.3 Å². The molecule has 86 valence electrons. The second kappa shape index (κ2) is 8.32. The largest absolute Gasteiger partial charge is 0.131 e. The van der Waals surface area contributed by atoms with Crippen LogP contribution in [-0.4, -0.2) is 13.1 Å². The molecule has 15 heavy (non-hydrogen) atoms. The minimum absolute atomic E-state index is 0.904. The summed E-state index contributed by atoms with van der Waals surface area (Å²) in [5.74, 6) is 0.985. The van der Waals surface area contributed by atoms with Gasteiger partial charge in [0.05, 0.1) is 0 Å². The molecule has 0 saturated heterocycles. The van der Waals surface area contributed by atoms with Crippen molar-refractivity contribution in [3.63, 3.8) is 0 Å².